The smallest absolute Gasteiger partial charge is 0.154 e. The van der Waals surface area contributed by atoms with Crippen molar-refractivity contribution in [2.45, 2.75) is 23.9 Å². The van der Waals surface area contributed by atoms with E-state index in [1.807, 2.05) is 0 Å². The van der Waals surface area contributed by atoms with Gasteiger partial charge in [0.1, 0.15) is 5.84 Å². The van der Waals surface area contributed by atoms with Crippen molar-refractivity contribution in [3.05, 3.63) is 233 Å². The van der Waals surface area contributed by atoms with Crippen molar-refractivity contribution in [3.8, 4) is 16.8 Å². The highest BCUT2D eigenvalue weighted by molar-refractivity contribution is 6.14. The number of hydrogen-bond acceptors (Lipinski definition) is 2. The Morgan fingerprint density at radius 1 is 0.564 bits per heavy atom. The highest BCUT2D eigenvalue weighted by Crippen LogP contribution is 2.61. The number of hydrogen-bond donors (Lipinski definition) is 0. The van der Waals surface area contributed by atoms with Crippen LogP contribution in [0.4, 0.5) is 5.69 Å². The zero-order valence-corrected chi connectivity index (χ0v) is 30.3. The van der Waals surface area contributed by atoms with Gasteiger partial charge in [-0.2, -0.15) is 0 Å². The molecule has 0 N–H and O–H groups in total. The average Bonchev–Trinajstić information content (AvgIpc) is 3.88. The number of fused-ring (bicyclic) bond motifs is 9. The van der Waals surface area contributed by atoms with Gasteiger partial charge in [-0.15, -0.1) is 0 Å². The molecule has 1 aliphatic heterocycles. The number of nitrogens with zero attached hydrogens (tertiary/aromatic N) is 3. The molecule has 260 valence electrons. The van der Waals surface area contributed by atoms with E-state index >= 15 is 0 Å². The molecule has 55 heavy (non-hydrogen) atoms. The van der Waals surface area contributed by atoms with Crippen LogP contribution in [0.3, 0.4) is 0 Å². The summed E-state index contributed by atoms with van der Waals surface area (Å²) >= 11 is 0. The van der Waals surface area contributed by atoms with Crippen LogP contribution in [0.1, 0.15) is 63.1 Å². The minimum Gasteiger partial charge on any atom is -0.313 e. The molecule has 7 aromatic carbocycles. The summed E-state index contributed by atoms with van der Waals surface area (Å²) in [5, 5.41) is 1.37. The Morgan fingerprint density at radius 3 is 1.89 bits per heavy atom. The first-order valence-electron chi connectivity index (χ1n) is 19.5. The molecule has 3 nitrogen and oxygen atoms in total. The highest BCUT2D eigenvalue weighted by atomic mass is 15.4. The van der Waals surface area contributed by atoms with Crippen molar-refractivity contribution in [1.82, 2.24) is 4.57 Å². The fraction of sp³-hybridized carbons (Fsp3) is 0.0962. The maximum absolute atomic E-state index is 5.14. The van der Waals surface area contributed by atoms with E-state index in [-0.39, 0.29) is 6.17 Å². The molecule has 0 bridgehead atoms. The van der Waals surface area contributed by atoms with Crippen LogP contribution in [0.25, 0.3) is 33.8 Å². The van der Waals surface area contributed by atoms with Crippen LogP contribution in [-0.2, 0) is 5.41 Å². The molecule has 0 radical (unpaired) electrons. The van der Waals surface area contributed by atoms with Crippen molar-refractivity contribution in [2.75, 3.05) is 4.90 Å². The third-order valence-corrected chi connectivity index (χ3v) is 12.6. The first-order chi connectivity index (χ1) is 27.3. The molecule has 3 heteroatoms. The molecule has 8 aromatic rings. The van der Waals surface area contributed by atoms with Crippen molar-refractivity contribution in [1.29, 1.82) is 0 Å². The Bertz CT molecular complexity index is 2790. The van der Waals surface area contributed by atoms with Crippen LogP contribution in [0.2, 0.25) is 0 Å². The molecule has 0 saturated heterocycles. The molecule has 4 aliphatic rings. The second-order valence-electron chi connectivity index (χ2n) is 15.4. The summed E-state index contributed by atoms with van der Waals surface area (Å²) in [6, 6.07) is 66.7. The summed E-state index contributed by atoms with van der Waals surface area (Å²) in [4.78, 5) is 7.53. The van der Waals surface area contributed by atoms with E-state index < -0.39 is 5.41 Å². The lowest BCUT2D eigenvalue weighted by atomic mass is 9.67. The standard InChI is InChI=1S/C52H37N3/c1-5-15-34(16-6-1)50-53-51(35-17-7-2-8-18-35)55(50)40-28-26-39(27-29-40)54-46-32-31-45-47(48(46)42-30-25-36-33-43(36)49(42)54)41-23-13-14-24-44(41)52(45,37-19-9-3-10-20-37)38-21-11-4-12-22-38/h1-32,36,43,50H,33H2. The quantitative estimate of drug-likeness (QED) is 0.169. The number of benzene rings is 7. The summed E-state index contributed by atoms with van der Waals surface area (Å²) in [6.45, 7) is 0. The molecular formula is C52H37N3. The number of aliphatic imine (C=N–C) groups is 1. The van der Waals surface area contributed by atoms with E-state index in [1.165, 1.54) is 73.2 Å². The van der Waals surface area contributed by atoms with Crippen LogP contribution in [0.5, 0.6) is 0 Å². The summed E-state index contributed by atoms with van der Waals surface area (Å²) in [5.41, 5.74) is 16.4. The number of aromatic nitrogens is 1. The molecule has 12 rings (SSSR count). The zero-order chi connectivity index (χ0) is 36.1. The third kappa shape index (κ3) is 4.29. The first-order valence-corrected chi connectivity index (χ1v) is 19.5. The SMILES string of the molecule is C1=CC2CC2c2c1c1c3c(ccc1n2-c1ccc(N2C(c4ccccc4)=NC2c2ccccc2)cc1)C(c1ccccc1)(c1ccccc1)c1ccccc1-3. The molecule has 2 heterocycles. The molecule has 0 amide bonds. The second kappa shape index (κ2) is 11.6. The number of rotatable bonds is 6. The second-order valence-corrected chi connectivity index (χ2v) is 15.4. The summed E-state index contributed by atoms with van der Waals surface area (Å²) in [7, 11) is 0. The third-order valence-electron chi connectivity index (χ3n) is 12.6. The Balaban J connectivity index is 1.06. The van der Waals surface area contributed by atoms with Gasteiger partial charge < -0.3 is 4.57 Å². The van der Waals surface area contributed by atoms with Gasteiger partial charge in [0.25, 0.3) is 0 Å². The van der Waals surface area contributed by atoms with Crippen molar-refractivity contribution >= 4 is 28.5 Å². The lowest BCUT2D eigenvalue weighted by Crippen LogP contribution is -2.43. The molecule has 3 aliphatic carbocycles. The van der Waals surface area contributed by atoms with E-state index in [9.17, 15) is 0 Å². The summed E-state index contributed by atoms with van der Waals surface area (Å²) in [6.07, 6.45) is 6.06. The molecular weight excluding hydrogens is 667 g/mol. The predicted octanol–water partition coefficient (Wildman–Crippen LogP) is 12.1. The molecule has 3 atom stereocenters. The van der Waals surface area contributed by atoms with Gasteiger partial charge in [0.2, 0.25) is 0 Å². The summed E-state index contributed by atoms with van der Waals surface area (Å²) < 4.78 is 2.59. The summed E-state index contributed by atoms with van der Waals surface area (Å²) in [5.74, 6) is 2.15. The lowest BCUT2D eigenvalue weighted by molar-refractivity contribution is 0.690. The zero-order valence-electron chi connectivity index (χ0n) is 30.3. The van der Waals surface area contributed by atoms with Gasteiger partial charge in [-0.1, -0.05) is 164 Å². The van der Waals surface area contributed by atoms with E-state index in [1.54, 1.807) is 0 Å². The monoisotopic (exact) mass is 703 g/mol. The van der Waals surface area contributed by atoms with Crippen LogP contribution in [0, 0.1) is 5.92 Å². The van der Waals surface area contributed by atoms with Crippen LogP contribution in [-0.4, -0.2) is 10.4 Å². The van der Waals surface area contributed by atoms with Gasteiger partial charge in [-0.25, -0.2) is 4.99 Å². The average molecular weight is 704 g/mol. The molecule has 1 aromatic heterocycles. The van der Waals surface area contributed by atoms with Gasteiger partial charge in [0.05, 0.1) is 10.9 Å². The van der Waals surface area contributed by atoms with Crippen molar-refractivity contribution in [2.24, 2.45) is 10.9 Å². The largest absolute Gasteiger partial charge is 0.313 e. The highest BCUT2D eigenvalue weighted by Gasteiger charge is 2.49. The van der Waals surface area contributed by atoms with Crippen LogP contribution in [0.15, 0.2) is 193 Å². The van der Waals surface area contributed by atoms with E-state index in [0.717, 1.165) is 17.1 Å². The van der Waals surface area contributed by atoms with Crippen LogP contribution >= 0.6 is 0 Å². The molecule has 0 spiro atoms. The topological polar surface area (TPSA) is 20.5 Å². The van der Waals surface area contributed by atoms with E-state index in [0.29, 0.717) is 11.8 Å². The fourth-order valence-electron chi connectivity index (χ4n) is 10.1. The van der Waals surface area contributed by atoms with E-state index in [4.69, 9.17) is 4.99 Å². The van der Waals surface area contributed by atoms with Gasteiger partial charge in [-0.3, -0.25) is 4.90 Å². The van der Waals surface area contributed by atoms with Gasteiger partial charge in [0.15, 0.2) is 6.17 Å². The Kier molecular flexibility index (Phi) is 6.50. The minimum absolute atomic E-state index is 0.0584. The van der Waals surface area contributed by atoms with E-state index in [2.05, 4.69) is 204 Å². The maximum atomic E-state index is 5.14. The number of anilines is 1. The van der Waals surface area contributed by atoms with Gasteiger partial charge in [0, 0.05) is 39.5 Å². The molecule has 1 fully saturated rings. The lowest BCUT2D eigenvalue weighted by Gasteiger charge is -2.40. The Hall–Kier alpha value is -6.71. The molecule has 3 unspecified atom stereocenters. The van der Waals surface area contributed by atoms with Crippen molar-refractivity contribution in [3.63, 3.8) is 0 Å². The predicted molar refractivity (Wildman–Crippen MR) is 225 cm³/mol. The van der Waals surface area contributed by atoms with Crippen LogP contribution < -0.4 is 4.90 Å². The first kappa shape index (κ1) is 30.7. The van der Waals surface area contributed by atoms with Gasteiger partial charge in [-0.05, 0) is 81.6 Å². The molecule has 1 saturated carbocycles. The minimum atomic E-state index is -0.426. The number of allylic oxidation sites excluding steroid dienone is 1. The van der Waals surface area contributed by atoms with Gasteiger partial charge >= 0.3 is 0 Å². The number of amidine groups is 1. The maximum Gasteiger partial charge on any atom is 0.154 e. The van der Waals surface area contributed by atoms with Crippen molar-refractivity contribution < 1.29 is 0 Å². The Labute approximate surface area is 321 Å². The normalized spacial score (nSPS) is 19.5. The fourth-order valence-corrected chi connectivity index (χ4v) is 10.1. The Morgan fingerprint density at radius 2 is 1.18 bits per heavy atom.